The van der Waals surface area contributed by atoms with Crippen LogP contribution in [0.4, 0.5) is 0 Å². The van der Waals surface area contributed by atoms with Crippen molar-refractivity contribution in [2.24, 2.45) is 5.92 Å². The van der Waals surface area contributed by atoms with Gasteiger partial charge >= 0.3 is 0 Å². The third-order valence-electron chi connectivity index (χ3n) is 2.73. The Morgan fingerprint density at radius 1 is 1.25 bits per heavy atom. The summed E-state index contributed by atoms with van der Waals surface area (Å²) in [6, 6.07) is 5.91. The minimum Gasteiger partial charge on any atom is -0.508 e. The molecule has 1 aromatic rings. The van der Waals surface area contributed by atoms with Crippen LogP contribution in [0.2, 0.25) is 0 Å². The number of allylic oxidation sites excluding steroid dienone is 2. The topological polar surface area (TPSA) is 20.2 Å². The molecule has 0 aromatic heterocycles. The highest BCUT2D eigenvalue weighted by Gasteiger charge is 2.08. The van der Waals surface area contributed by atoms with Gasteiger partial charge in [0, 0.05) is 0 Å². The van der Waals surface area contributed by atoms with E-state index in [9.17, 15) is 5.11 Å². The van der Waals surface area contributed by atoms with Crippen LogP contribution in [-0.2, 0) is 0 Å². The lowest BCUT2D eigenvalue weighted by molar-refractivity contribution is 0.462. The van der Waals surface area contributed by atoms with Crippen molar-refractivity contribution in [2.45, 2.75) is 40.0 Å². The summed E-state index contributed by atoms with van der Waals surface area (Å²) < 4.78 is 0. The smallest absolute Gasteiger partial charge is 0.119 e. The molecule has 1 rings (SSSR count). The SMILES string of the molecule is Cc1ccc(C(C)CC=CC(C)C)c(O)c1. The second kappa shape index (κ2) is 5.74. The molecule has 1 nitrogen and oxygen atoms in total. The van der Waals surface area contributed by atoms with Gasteiger partial charge in [-0.15, -0.1) is 0 Å². The van der Waals surface area contributed by atoms with Crippen LogP contribution in [0.15, 0.2) is 30.4 Å². The Bertz CT molecular complexity index is 364. The lowest BCUT2D eigenvalue weighted by atomic mass is 9.95. The van der Waals surface area contributed by atoms with Gasteiger partial charge in [-0.1, -0.05) is 45.1 Å². The van der Waals surface area contributed by atoms with E-state index in [1.807, 2.05) is 19.1 Å². The third-order valence-corrected chi connectivity index (χ3v) is 2.73. The Kier molecular flexibility index (Phi) is 4.60. The molecular formula is C15H22O. The number of aromatic hydroxyl groups is 1. The molecule has 0 spiro atoms. The second-order valence-electron chi connectivity index (χ2n) is 4.87. The highest BCUT2D eigenvalue weighted by atomic mass is 16.3. The monoisotopic (exact) mass is 218 g/mol. The zero-order chi connectivity index (χ0) is 12.1. The Hall–Kier alpha value is -1.24. The van der Waals surface area contributed by atoms with E-state index >= 15 is 0 Å². The summed E-state index contributed by atoms with van der Waals surface area (Å²) in [7, 11) is 0. The van der Waals surface area contributed by atoms with E-state index in [0.717, 1.165) is 17.5 Å². The van der Waals surface area contributed by atoms with E-state index in [1.54, 1.807) is 0 Å². The fourth-order valence-corrected chi connectivity index (χ4v) is 1.75. The van der Waals surface area contributed by atoms with Gasteiger partial charge in [0.2, 0.25) is 0 Å². The highest BCUT2D eigenvalue weighted by Crippen LogP contribution is 2.28. The van der Waals surface area contributed by atoms with Crippen molar-refractivity contribution >= 4 is 0 Å². The summed E-state index contributed by atoms with van der Waals surface area (Å²) in [6.07, 6.45) is 5.39. The molecule has 0 radical (unpaired) electrons. The standard InChI is InChI=1S/C15H22O/c1-11(2)6-5-7-13(4)14-9-8-12(3)10-15(14)16/h5-6,8-11,13,16H,7H2,1-4H3. The van der Waals surface area contributed by atoms with Crippen molar-refractivity contribution in [1.29, 1.82) is 0 Å². The van der Waals surface area contributed by atoms with Gasteiger partial charge in [0.15, 0.2) is 0 Å². The third kappa shape index (κ3) is 3.73. The fourth-order valence-electron chi connectivity index (χ4n) is 1.75. The summed E-state index contributed by atoms with van der Waals surface area (Å²) >= 11 is 0. The van der Waals surface area contributed by atoms with Crippen LogP contribution in [0.3, 0.4) is 0 Å². The summed E-state index contributed by atoms with van der Waals surface area (Å²) in [4.78, 5) is 0. The highest BCUT2D eigenvalue weighted by molar-refractivity contribution is 5.38. The minimum atomic E-state index is 0.371. The maximum absolute atomic E-state index is 9.85. The van der Waals surface area contributed by atoms with Crippen molar-refractivity contribution < 1.29 is 5.11 Å². The molecule has 0 saturated carbocycles. The predicted molar refractivity (Wildman–Crippen MR) is 69.9 cm³/mol. The molecule has 1 unspecified atom stereocenters. The Labute approximate surface area is 98.8 Å². The second-order valence-corrected chi connectivity index (χ2v) is 4.87. The van der Waals surface area contributed by atoms with Crippen molar-refractivity contribution in [3.05, 3.63) is 41.5 Å². The van der Waals surface area contributed by atoms with E-state index in [0.29, 0.717) is 17.6 Å². The number of hydrogen-bond acceptors (Lipinski definition) is 1. The van der Waals surface area contributed by atoms with Gasteiger partial charge in [-0.2, -0.15) is 0 Å². The van der Waals surface area contributed by atoms with E-state index in [2.05, 4.69) is 39.0 Å². The minimum absolute atomic E-state index is 0.371. The molecule has 0 amide bonds. The molecule has 0 saturated heterocycles. The average Bonchev–Trinajstić information content (AvgIpc) is 2.16. The lowest BCUT2D eigenvalue weighted by Gasteiger charge is -2.12. The largest absolute Gasteiger partial charge is 0.508 e. The molecule has 0 bridgehead atoms. The predicted octanol–water partition coefficient (Wildman–Crippen LogP) is 4.41. The van der Waals surface area contributed by atoms with Crippen LogP contribution >= 0.6 is 0 Å². The first-order valence-corrected chi connectivity index (χ1v) is 5.97. The molecule has 1 N–H and O–H groups in total. The lowest BCUT2D eigenvalue weighted by Crippen LogP contribution is -1.93. The number of hydrogen-bond donors (Lipinski definition) is 1. The van der Waals surface area contributed by atoms with Crippen LogP contribution in [0.25, 0.3) is 0 Å². The maximum atomic E-state index is 9.85. The molecule has 0 aliphatic carbocycles. The van der Waals surface area contributed by atoms with Gasteiger partial charge in [0.1, 0.15) is 5.75 Å². The Balaban J connectivity index is 2.69. The van der Waals surface area contributed by atoms with Crippen LogP contribution in [0.1, 0.15) is 44.2 Å². The first-order chi connectivity index (χ1) is 7.50. The summed E-state index contributed by atoms with van der Waals surface area (Å²) in [5.74, 6) is 1.39. The molecule has 1 heteroatoms. The molecule has 1 atom stereocenters. The molecule has 16 heavy (non-hydrogen) atoms. The van der Waals surface area contributed by atoms with Gasteiger partial charge < -0.3 is 5.11 Å². The van der Waals surface area contributed by atoms with E-state index in [1.165, 1.54) is 0 Å². The molecule has 1 aromatic carbocycles. The quantitative estimate of drug-likeness (QED) is 0.742. The molecule has 0 heterocycles. The zero-order valence-electron chi connectivity index (χ0n) is 10.7. The van der Waals surface area contributed by atoms with E-state index in [4.69, 9.17) is 0 Å². The first kappa shape index (κ1) is 12.8. The van der Waals surface area contributed by atoms with Gasteiger partial charge in [0.25, 0.3) is 0 Å². The molecular weight excluding hydrogens is 196 g/mol. The number of phenolic OH excluding ortho intramolecular Hbond substituents is 1. The maximum Gasteiger partial charge on any atom is 0.119 e. The normalized spacial score (nSPS) is 13.6. The van der Waals surface area contributed by atoms with Crippen molar-refractivity contribution in [1.82, 2.24) is 0 Å². The van der Waals surface area contributed by atoms with Gasteiger partial charge in [-0.25, -0.2) is 0 Å². The molecule has 0 fully saturated rings. The summed E-state index contributed by atoms with van der Waals surface area (Å²) in [5.41, 5.74) is 2.14. The van der Waals surface area contributed by atoms with Gasteiger partial charge in [-0.05, 0) is 42.4 Å². The van der Waals surface area contributed by atoms with E-state index in [-0.39, 0.29) is 0 Å². The number of rotatable bonds is 4. The molecule has 88 valence electrons. The molecule has 0 aliphatic heterocycles. The van der Waals surface area contributed by atoms with E-state index < -0.39 is 0 Å². The number of aryl methyl sites for hydroxylation is 1. The first-order valence-electron chi connectivity index (χ1n) is 5.97. The number of phenols is 1. The molecule has 0 aliphatic rings. The summed E-state index contributed by atoms with van der Waals surface area (Å²) in [5, 5.41) is 9.85. The number of benzene rings is 1. The van der Waals surface area contributed by atoms with Gasteiger partial charge in [-0.3, -0.25) is 0 Å². The van der Waals surface area contributed by atoms with Gasteiger partial charge in [0.05, 0.1) is 0 Å². The average molecular weight is 218 g/mol. The van der Waals surface area contributed by atoms with Crippen LogP contribution < -0.4 is 0 Å². The fraction of sp³-hybridized carbons (Fsp3) is 0.467. The van der Waals surface area contributed by atoms with Crippen LogP contribution in [-0.4, -0.2) is 5.11 Å². The van der Waals surface area contributed by atoms with Crippen LogP contribution in [0.5, 0.6) is 5.75 Å². The van der Waals surface area contributed by atoms with Crippen molar-refractivity contribution in [3.63, 3.8) is 0 Å². The Morgan fingerprint density at radius 3 is 2.50 bits per heavy atom. The van der Waals surface area contributed by atoms with Crippen molar-refractivity contribution in [2.75, 3.05) is 0 Å². The van der Waals surface area contributed by atoms with Crippen molar-refractivity contribution in [3.8, 4) is 5.75 Å². The zero-order valence-corrected chi connectivity index (χ0v) is 10.7. The van der Waals surface area contributed by atoms with Crippen LogP contribution in [0, 0.1) is 12.8 Å². The summed E-state index contributed by atoms with van der Waals surface area (Å²) in [6.45, 7) is 8.48. The Morgan fingerprint density at radius 2 is 1.94 bits per heavy atom.